The van der Waals surface area contributed by atoms with Gasteiger partial charge in [0.15, 0.2) is 6.29 Å². The smallest absolute Gasteiger partial charge is 0.176 e. The topological polar surface area (TPSA) is 18.5 Å². The SMILES string of the molecule is CC=CCCC=CC(OCC)OCC. The van der Waals surface area contributed by atoms with Gasteiger partial charge >= 0.3 is 0 Å². The minimum atomic E-state index is -0.171. The minimum Gasteiger partial charge on any atom is -0.349 e. The zero-order chi connectivity index (χ0) is 10.6. The second-order valence-electron chi connectivity index (χ2n) is 2.85. The van der Waals surface area contributed by atoms with Gasteiger partial charge in [-0.15, -0.1) is 0 Å². The Morgan fingerprint density at radius 1 is 1.00 bits per heavy atom. The van der Waals surface area contributed by atoms with E-state index in [2.05, 4.69) is 18.2 Å². The Bertz CT molecular complexity index is 156. The zero-order valence-corrected chi connectivity index (χ0v) is 9.53. The molecule has 2 heteroatoms. The maximum absolute atomic E-state index is 5.36. The fourth-order valence-corrected chi connectivity index (χ4v) is 1.05. The van der Waals surface area contributed by atoms with Gasteiger partial charge in [0.05, 0.1) is 0 Å². The molecule has 0 spiro atoms. The highest BCUT2D eigenvalue weighted by molar-refractivity contribution is 4.88. The molecular weight excluding hydrogens is 176 g/mol. The summed E-state index contributed by atoms with van der Waals surface area (Å²) in [6.07, 6.45) is 10.3. The van der Waals surface area contributed by atoms with Crippen LogP contribution >= 0.6 is 0 Å². The first-order valence-corrected chi connectivity index (χ1v) is 5.36. The maximum atomic E-state index is 5.36. The van der Waals surface area contributed by atoms with Gasteiger partial charge in [0.1, 0.15) is 0 Å². The zero-order valence-electron chi connectivity index (χ0n) is 9.53. The van der Waals surface area contributed by atoms with Crippen LogP contribution in [-0.4, -0.2) is 19.5 Å². The van der Waals surface area contributed by atoms with E-state index < -0.39 is 0 Å². The molecule has 0 aliphatic heterocycles. The Morgan fingerprint density at radius 3 is 2.07 bits per heavy atom. The number of allylic oxidation sites excluding steroid dienone is 3. The van der Waals surface area contributed by atoms with Crippen molar-refractivity contribution in [1.29, 1.82) is 0 Å². The van der Waals surface area contributed by atoms with E-state index in [-0.39, 0.29) is 6.29 Å². The van der Waals surface area contributed by atoms with Gasteiger partial charge in [-0.3, -0.25) is 0 Å². The summed E-state index contributed by atoms with van der Waals surface area (Å²) in [4.78, 5) is 0. The van der Waals surface area contributed by atoms with Crippen molar-refractivity contribution in [2.75, 3.05) is 13.2 Å². The van der Waals surface area contributed by atoms with Crippen LogP contribution in [0.2, 0.25) is 0 Å². The number of unbranched alkanes of at least 4 members (excludes halogenated alkanes) is 1. The largest absolute Gasteiger partial charge is 0.349 e. The lowest BCUT2D eigenvalue weighted by atomic mass is 10.2. The molecule has 0 bridgehead atoms. The first kappa shape index (κ1) is 13.4. The molecule has 0 rings (SSSR count). The van der Waals surface area contributed by atoms with Crippen LogP contribution < -0.4 is 0 Å². The molecule has 0 fully saturated rings. The highest BCUT2D eigenvalue weighted by Gasteiger charge is 2.00. The van der Waals surface area contributed by atoms with Crippen molar-refractivity contribution in [3.05, 3.63) is 24.3 Å². The van der Waals surface area contributed by atoms with E-state index in [0.29, 0.717) is 13.2 Å². The summed E-state index contributed by atoms with van der Waals surface area (Å²) in [5, 5.41) is 0. The predicted octanol–water partition coefficient (Wildman–Crippen LogP) is 3.30. The molecule has 0 N–H and O–H groups in total. The number of rotatable bonds is 8. The third kappa shape index (κ3) is 8.02. The van der Waals surface area contributed by atoms with E-state index in [1.54, 1.807) is 0 Å². The van der Waals surface area contributed by atoms with Crippen LogP contribution in [0.5, 0.6) is 0 Å². The van der Waals surface area contributed by atoms with Gasteiger partial charge in [-0.05, 0) is 39.7 Å². The van der Waals surface area contributed by atoms with Crippen LogP contribution in [0.15, 0.2) is 24.3 Å². The number of hydrogen-bond acceptors (Lipinski definition) is 2. The molecule has 0 saturated carbocycles. The van der Waals surface area contributed by atoms with E-state index in [9.17, 15) is 0 Å². The Kier molecular flexibility index (Phi) is 10.0. The van der Waals surface area contributed by atoms with E-state index in [4.69, 9.17) is 9.47 Å². The van der Waals surface area contributed by atoms with Crippen molar-refractivity contribution in [2.24, 2.45) is 0 Å². The monoisotopic (exact) mass is 198 g/mol. The van der Waals surface area contributed by atoms with Crippen molar-refractivity contribution in [3.63, 3.8) is 0 Å². The number of hydrogen-bond donors (Lipinski definition) is 0. The Hall–Kier alpha value is -0.600. The summed E-state index contributed by atoms with van der Waals surface area (Å²) in [5.41, 5.74) is 0. The summed E-state index contributed by atoms with van der Waals surface area (Å²) in [7, 11) is 0. The Morgan fingerprint density at radius 2 is 1.57 bits per heavy atom. The van der Waals surface area contributed by atoms with Gasteiger partial charge < -0.3 is 9.47 Å². The van der Waals surface area contributed by atoms with Gasteiger partial charge in [-0.1, -0.05) is 18.2 Å². The van der Waals surface area contributed by atoms with E-state index in [0.717, 1.165) is 12.8 Å². The first-order valence-electron chi connectivity index (χ1n) is 5.36. The standard InChI is InChI=1S/C12H22O2/c1-4-7-8-9-10-11-12(13-5-2)14-6-3/h4,7,10-12H,5-6,8-9H2,1-3H3. The van der Waals surface area contributed by atoms with Crippen LogP contribution in [0, 0.1) is 0 Å². The molecule has 0 aliphatic carbocycles. The van der Waals surface area contributed by atoms with Crippen LogP contribution in [-0.2, 0) is 9.47 Å². The molecule has 14 heavy (non-hydrogen) atoms. The van der Waals surface area contributed by atoms with Crippen molar-refractivity contribution < 1.29 is 9.47 Å². The van der Waals surface area contributed by atoms with Crippen LogP contribution in [0.25, 0.3) is 0 Å². The fourth-order valence-electron chi connectivity index (χ4n) is 1.05. The minimum absolute atomic E-state index is 0.171. The first-order chi connectivity index (χ1) is 6.85. The van der Waals surface area contributed by atoms with Crippen LogP contribution in [0.1, 0.15) is 33.6 Å². The molecule has 0 aromatic carbocycles. The van der Waals surface area contributed by atoms with E-state index in [1.807, 2.05) is 26.8 Å². The van der Waals surface area contributed by atoms with Gasteiger partial charge in [0.2, 0.25) is 0 Å². The molecule has 0 atom stereocenters. The number of ether oxygens (including phenoxy) is 2. The fraction of sp³-hybridized carbons (Fsp3) is 0.667. The summed E-state index contributed by atoms with van der Waals surface area (Å²) in [5.74, 6) is 0. The van der Waals surface area contributed by atoms with Crippen LogP contribution in [0.4, 0.5) is 0 Å². The molecule has 0 saturated heterocycles. The molecule has 0 heterocycles. The van der Waals surface area contributed by atoms with E-state index in [1.165, 1.54) is 0 Å². The predicted molar refractivity (Wildman–Crippen MR) is 60.2 cm³/mol. The second-order valence-corrected chi connectivity index (χ2v) is 2.85. The van der Waals surface area contributed by atoms with Gasteiger partial charge in [0.25, 0.3) is 0 Å². The molecule has 0 radical (unpaired) electrons. The normalized spacial score (nSPS) is 12.3. The Balaban J connectivity index is 3.65. The van der Waals surface area contributed by atoms with Crippen molar-refractivity contribution in [2.45, 2.75) is 39.9 Å². The van der Waals surface area contributed by atoms with Gasteiger partial charge in [0, 0.05) is 13.2 Å². The third-order valence-electron chi connectivity index (χ3n) is 1.69. The molecule has 0 unspecified atom stereocenters. The van der Waals surface area contributed by atoms with Gasteiger partial charge in [-0.2, -0.15) is 0 Å². The highest BCUT2D eigenvalue weighted by Crippen LogP contribution is 2.00. The molecular formula is C12H22O2. The van der Waals surface area contributed by atoms with Gasteiger partial charge in [-0.25, -0.2) is 0 Å². The third-order valence-corrected chi connectivity index (χ3v) is 1.69. The van der Waals surface area contributed by atoms with Crippen LogP contribution in [0.3, 0.4) is 0 Å². The lowest BCUT2D eigenvalue weighted by Crippen LogP contribution is -2.13. The molecule has 0 aliphatic rings. The average molecular weight is 198 g/mol. The van der Waals surface area contributed by atoms with E-state index >= 15 is 0 Å². The Labute approximate surface area is 87.6 Å². The summed E-state index contributed by atoms with van der Waals surface area (Å²) in [6.45, 7) is 7.35. The lowest BCUT2D eigenvalue weighted by Gasteiger charge is -2.11. The van der Waals surface area contributed by atoms with Crippen molar-refractivity contribution >= 4 is 0 Å². The quantitative estimate of drug-likeness (QED) is 0.338. The maximum Gasteiger partial charge on any atom is 0.176 e. The molecule has 2 nitrogen and oxygen atoms in total. The van der Waals surface area contributed by atoms with Crippen molar-refractivity contribution in [3.8, 4) is 0 Å². The molecule has 82 valence electrons. The second kappa shape index (κ2) is 10.5. The molecule has 0 aromatic rings. The average Bonchev–Trinajstić information content (AvgIpc) is 2.18. The summed E-state index contributed by atoms with van der Waals surface area (Å²) in [6, 6.07) is 0. The highest BCUT2D eigenvalue weighted by atomic mass is 16.7. The molecule has 0 amide bonds. The summed E-state index contributed by atoms with van der Waals surface area (Å²) < 4.78 is 10.7. The molecule has 0 aromatic heterocycles. The lowest BCUT2D eigenvalue weighted by molar-refractivity contribution is -0.104. The van der Waals surface area contributed by atoms with Crippen molar-refractivity contribution in [1.82, 2.24) is 0 Å². The summed E-state index contributed by atoms with van der Waals surface area (Å²) >= 11 is 0.